The number of hydrogen-bond acceptors (Lipinski definition) is 0. The average molecular weight is 236 g/mol. The highest BCUT2D eigenvalue weighted by molar-refractivity contribution is 5.17. The monoisotopic (exact) mass is 236 g/mol. The van der Waals surface area contributed by atoms with E-state index in [4.69, 9.17) is 0 Å². The van der Waals surface area contributed by atoms with Crippen LogP contribution in [-0.4, -0.2) is 0 Å². The summed E-state index contributed by atoms with van der Waals surface area (Å²) in [6.07, 6.45) is 5.27. The fourth-order valence-corrected chi connectivity index (χ4v) is 2.75. The zero-order valence-corrected chi connectivity index (χ0v) is 13.2. The van der Waals surface area contributed by atoms with Crippen molar-refractivity contribution in [2.24, 2.45) is 28.6 Å². The van der Waals surface area contributed by atoms with Crippen LogP contribution < -0.4 is 0 Å². The normalized spacial score (nSPS) is 27.2. The van der Waals surface area contributed by atoms with Gasteiger partial charge in [0.1, 0.15) is 0 Å². The molecule has 0 nitrogen and oxygen atoms in total. The lowest BCUT2D eigenvalue weighted by molar-refractivity contribution is 0.169. The Morgan fingerprint density at radius 1 is 1.06 bits per heavy atom. The summed E-state index contributed by atoms with van der Waals surface area (Å²) < 4.78 is 0. The molecule has 0 amide bonds. The fraction of sp³-hybridized carbons (Fsp3) is 0.882. The highest BCUT2D eigenvalue weighted by Gasteiger charge is 2.34. The number of allylic oxidation sites excluding steroid dienone is 2. The van der Waals surface area contributed by atoms with E-state index in [-0.39, 0.29) is 0 Å². The maximum atomic E-state index is 2.59. The predicted octanol–water partition coefficient (Wildman–Crippen LogP) is 5.69. The van der Waals surface area contributed by atoms with Gasteiger partial charge in [-0.3, -0.25) is 0 Å². The van der Waals surface area contributed by atoms with Crippen molar-refractivity contribution in [3.8, 4) is 0 Å². The van der Waals surface area contributed by atoms with Gasteiger partial charge in [-0.25, -0.2) is 0 Å². The second-order valence-electron chi connectivity index (χ2n) is 8.35. The minimum absolute atomic E-state index is 0.344. The molecule has 1 unspecified atom stereocenters. The minimum atomic E-state index is 0.344. The van der Waals surface area contributed by atoms with Gasteiger partial charge in [0.05, 0.1) is 0 Å². The standard InChI is InChI=1S/C17H32/c1-12(2)13-9-14(16(3,4)5)11-15(10-13)17(6,7)8/h9,12-13,15H,10-11H2,1-8H3/t13?,15-/m1/s1. The first-order valence-electron chi connectivity index (χ1n) is 7.23. The van der Waals surface area contributed by atoms with E-state index in [9.17, 15) is 0 Å². The molecule has 17 heavy (non-hydrogen) atoms. The van der Waals surface area contributed by atoms with Crippen molar-refractivity contribution >= 4 is 0 Å². The molecule has 0 heteroatoms. The van der Waals surface area contributed by atoms with Crippen LogP contribution in [0, 0.1) is 28.6 Å². The molecule has 0 aromatic heterocycles. The topological polar surface area (TPSA) is 0 Å². The zero-order valence-electron chi connectivity index (χ0n) is 13.2. The van der Waals surface area contributed by atoms with Crippen molar-refractivity contribution in [2.75, 3.05) is 0 Å². The van der Waals surface area contributed by atoms with Gasteiger partial charge in [-0.2, -0.15) is 0 Å². The maximum absolute atomic E-state index is 2.59. The van der Waals surface area contributed by atoms with Crippen LogP contribution in [-0.2, 0) is 0 Å². The minimum Gasteiger partial charge on any atom is -0.0814 e. The molecule has 100 valence electrons. The Morgan fingerprint density at radius 3 is 1.94 bits per heavy atom. The summed E-state index contributed by atoms with van der Waals surface area (Å²) in [5, 5.41) is 0. The van der Waals surface area contributed by atoms with Gasteiger partial charge in [0.15, 0.2) is 0 Å². The van der Waals surface area contributed by atoms with Crippen molar-refractivity contribution < 1.29 is 0 Å². The van der Waals surface area contributed by atoms with E-state index in [0.29, 0.717) is 10.8 Å². The van der Waals surface area contributed by atoms with Crippen LogP contribution in [0.25, 0.3) is 0 Å². The quantitative estimate of drug-likeness (QED) is 0.513. The van der Waals surface area contributed by atoms with Gasteiger partial charge in [-0.05, 0) is 41.4 Å². The Morgan fingerprint density at radius 2 is 1.59 bits per heavy atom. The summed E-state index contributed by atoms with van der Waals surface area (Å²) in [4.78, 5) is 0. The van der Waals surface area contributed by atoms with E-state index in [2.05, 4.69) is 61.5 Å². The summed E-state index contributed by atoms with van der Waals surface area (Å²) >= 11 is 0. The fourth-order valence-electron chi connectivity index (χ4n) is 2.75. The Labute approximate surface area is 109 Å². The lowest BCUT2D eigenvalue weighted by atomic mass is 9.64. The van der Waals surface area contributed by atoms with Gasteiger partial charge in [-0.15, -0.1) is 0 Å². The molecule has 2 atom stereocenters. The lowest BCUT2D eigenvalue weighted by Crippen LogP contribution is -2.31. The molecule has 1 aliphatic rings. The smallest absolute Gasteiger partial charge is 0.0173 e. The zero-order chi connectivity index (χ0) is 13.4. The number of hydrogen-bond donors (Lipinski definition) is 0. The van der Waals surface area contributed by atoms with Crippen molar-refractivity contribution in [3.05, 3.63) is 11.6 Å². The van der Waals surface area contributed by atoms with Crippen molar-refractivity contribution in [3.63, 3.8) is 0 Å². The average Bonchev–Trinajstić information content (AvgIpc) is 2.14. The van der Waals surface area contributed by atoms with E-state index in [1.807, 2.05) is 0 Å². The lowest BCUT2D eigenvalue weighted by Gasteiger charge is -2.41. The first-order valence-corrected chi connectivity index (χ1v) is 7.23. The van der Waals surface area contributed by atoms with Gasteiger partial charge in [0, 0.05) is 0 Å². The van der Waals surface area contributed by atoms with Crippen LogP contribution in [0.15, 0.2) is 11.6 Å². The molecular weight excluding hydrogens is 204 g/mol. The maximum Gasteiger partial charge on any atom is -0.0173 e. The second kappa shape index (κ2) is 4.78. The summed E-state index contributed by atoms with van der Waals surface area (Å²) in [5.74, 6) is 2.40. The molecule has 0 bridgehead atoms. The first kappa shape index (κ1) is 14.8. The Kier molecular flexibility index (Phi) is 4.16. The molecule has 1 rings (SSSR count). The highest BCUT2D eigenvalue weighted by Crippen LogP contribution is 2.46. The molecule has 0 N–H and O–H groups in total. The van der Waals surface area contributed by atoms with Gasteiger partial charge in [0.25, 0.3) is 0 Å². The van der Waals surface area contributed by atoms with Crippen molar-refractivity contribution in [2.45, 2.75) is 68.2 Å². The van der Waals surface area contributed by atoms with Gasteiger partial charge < -0.3 is 0 Å². The van der Waals surface area contributed by atoms with E-state index in [0.717, 1.165) is 17.8 Å². The first-order chi connectivity index (χ1) is 7.51. The van der Waals surface area contributed by atoms with Gasteiger partial charge >= 0.3 is 0 Å². The van der Waals surface area contributed by atoms with Crippen molar-refractivity contribution in [1.82, 2.24) is 0 Å². The third-order valence-electron chi connectivity index (χ3n) is 4.48. The van der Waals surface area contributed by atoms with E-state index >= 15 is 0 Å². The molecule has 0 fully saturated rings. The molecule has 0 aromatic rings. The van der Waals surface area contributed by atoms with Crippen LogP contribution >= 0.6 is 0 Å². The molecule has 0 radical (unpaired) electrons. The molecule has 0 heterocycles. The third kappa shape index (κ3) is 3.86. The Balaban J connectivity index is 2.99. The summed E-state index contributed by atoms with van der Waals surface area (Å²) in [6, 6.07) is 0. The molecule has 0 aromatic carbocycles. The van der Waals surface area contributed by atoms with Crippen LogP contribution in [0.4, 0.5) is 0 Å². The van der Waals surface area contributed by atoms with E-state index in [1.165, 1.54) is 12.8 Å². The van der Waals surface area contributed by atoms with Gasteiger partial charge in [-0.1, -0.05) is 67.0 Å². The highest BCUT2D eigenvalue weighted by atomic mass is 14.4. The van der Waals surface area contributed by atoms with E-state index in [1.54, 1.807) is 5.57 Å². The Bertz CT molecular complexity index is 280. The number of rotatable bonds is 1. The summed E-state index contributed by atoms with van der Waals surface area (Å²) in [6.45, 7) is 19.0. The van der Waals surface area contributed by atoms with Crippen LogP contribution in [0.2, 0.25) is 0 Å². The SMILES string of the molecule is CC(C)C1C=C(C(C)(C)C)C[C@H](C(C)(C)C)C1. The predicted molar refractivity (Wildman–Crippen MR) is 78.0 cm³/mol. The van der Waals surface area contributed by atoms with E-state index < -0.39 is 0 Å². The molecule has 1 aliphatic carbocycles. The molecule has 0 saturated heterocycles. The van der Waals surface area contributed by atoms with Crippen LogP contribution in [0.5, 0.6) is 0 Å². The molecule has 0 aliphatic heterocycles. The molecule has 0 spiro atoms. The second-order valence-corrected chi connectivity index (χ2v) is 8.35. The molecule has 0 saturated carbocycles. The molecular formula is C17H32. The third-order valence-corrected chi connectivity index (χ3v) is 4.48. The van der Waals surface area contributed by atoms with Gasteiger partial charge in [0.2, 0.25) is 0 Å². The van der Waals surface area contributed by atoms with Crippen LogP contribution in [0.1, 0.15) is 68.2 Å². The Hall–Kier alpha value is -0.260. The van der Waals surface area contributed by atoms with Crippen LogP contribution in [0.3, 0.4) is 0 Å². The largest absolute Gasteiger partial charge is 0.0814 e. The summed E-state index contributed by atoms with van der Waals surface area (Å²) in [5.41, 5.74) is 2.47. The van der Waals surface area contributed by atoms with Crippen molar-refractivity contribution in [1.29, 1.82) is 0 Å². The summed E-state index contributed by atoms with van der Waals surface area (Å²) in [7, 11) is 0.